The van der Waals surface area contributed by atoms with Crippen molar-refractivity contribution in [3.63, 3.8) is 0 Å². The minimum atomic E-state index is -0.888. The fraction of sp³-hybridized carbons (Fsp3) is 0.462. The van der Waals surface area contributed by atoms with Crippen LogP contribution >= 0.6 is 0 Å². The lowest BCUT2D eigenvalue weighted by Gasteiger charge is -2.28. The molecule has 1 aromatic heterocycles. The molecule has 2 rings (SSSR count). The van der Waals surface area contributed by atoms with Gasteiger partial charge in [-0.3, -0.25) is 0 Å². The topological polar surface area (TPSA) is 43.8 Å². The van der Waals surface area contributed by atoms with Crippen LogP contribution in [0.4, 0.5) is 14.7 Å². The third kappa shape index (κ3) is 1.83. The molecule has 2 aromatic rings. The summed E-state index contributed by atoms with van der Waals surface area (Å²) in [5.74, 6) is -1.55. The van der Waals surface area contributed by atoms with Crippen molar-refractivity contribution in [3.8, 4) is 0 Å². The van der Waals surface area contributed by atoms with Crippen molar-refractivity contribution < 1.29 is 8.78 Å². The van der Waals surface area contributed by atoms with Gasteiger partial charge < -0.3 is 10.3 Å². The van der Waals surface area contributed by atoms with Gasteiger partial charge in [0.2, 0.25) is 5.95 Å². The smallest absolute Gasteiger partial charge is 0.201 e. The highest BCUT2D eigenvalue weighted by Crippen LogP contribution is 2.32. The summed E-state index contributed by atoms with van der Waals surface area (Å²) in [6.07, 6.45) is 1.72. The van der Waals surface area contributed by atoms with Gasteiger partial charge in [-0.25, -0.2) is 13.8 Å². The highest BCUT2D eigenvalue weighted by Gasteiger charge is 2.27. The molecule has 5 heteroatoms. The molecule has 2 N–H and O–H groups in total. The van der Waals surface area contributed by atoms with Gasteiger partial charge in [0.05, 0.1) is 5.52 Å². The highest BCUT2D eigenvalue weighted by molar-refractivity contribution is 5.79. The maximum Gasteiger partial charge on any atom is 0.201 e. The first kappa shape index (κ1) is 12.8. The minimum Gasteiger partial charge on any atom is -0.369 e. The van der Waals surface area contributed by atoms with E-state index >= 15 is 0 Å². The Balaban J connectivity index is 2.77. The van der Waals surface area contributed by atoms with E-state index in [2.05, 4.69) is 4.98 Å². The molecule has 0 bridgehead atoms. The van der Waals surface area contributed by atoms with Crippen molar-refractivity contribution in [2.45, 2.75) is 39.2 Å². The van der Waals surface area contributed by atoms with Crippen LogP contribution in [-0.2, 0) is 5.54 Å². The van der Waals surface area contributed by atoms with Crippen molar-refractivity contribution in [1.82, 2.24) is 9.55 Å². The monoisotopic (exact) mass is 253 g/mol. The number of aromatic nitrogens is 2. The van der Waals surface area contributed by atoms with E-state index in [-0.39, 0.29) is 11.5 Å². The van der Waals surface area contributed by atoms with E-state index in [9.17, 15) is 8.78 Å². The SMILES string of the molecule is CCCC(C)(C)n1c(N)nc2ccc(F)c(F)c21. The van der Waals surface area contributed by atoms with Gasteiger partial charge in [-0.2, -0.15) is 0 Å². The second-order valence-electron chi connectivity index (χ2n) is 5.10. The summed E-state index contributed by atoms with van der Waals surface area (Å²) < 4.78 is 28.9. The molecule has 0 saturated carbocycles. The third-order valence-corrected chi connectivity index (χ3v) is 3.20. The number of benzene rings is 1. The molecular weight excluding hydrogens is 236 g/mol. The lowest BCUT2D eigenvalue weighted by atomic mass is 9.98. The van der Waals surface area contributed by atoms with Crippen LogP contribution in [0.1, 0.15) is 33.6 Å². The summed E-state index contributed by atoms with van der Waals surface area (Å²) in [6.45, 7) is 5.92. The molecule has 0 fully saturated rings. The van der Waals surface area contributed by atoms with Crippen molar-refractivity contribution in [2.24, 2.45) is 0 Å². The Morgan fingerprint density at radius 1 is 1.33 bits per heavy atom. The standard InChI is InChI=1S/C13H17F2N3/c1-4-7-13(2,3)18-11-9(17-12(18)16)6-5-8(14)10(11)15/h5-6H,4,7H2,1-3H3,(H2,16,17). The second kappa shape index (κ2) is 4.23. The molecule has 0 aliphatic carbocycles. The third-order valence-electron chi connectivity index (χ3n) is 3.20. The molecule has 1 aromatic carbocycles. The number of nitrogens with two attached hydrogens (primary N) is 1. The Labute approximate surface area is 105 Å². The predicted octanol–water partition coefficient (Wildman–Crippen LogP) is 3.43. The fourth-order valence-electron chi connectivity index (χ4n) is 2.46. The molecule has 1 heterocycles. The van der Waals surface area contributed by atoms with Crippen LogP contribution in [-0.4, -0.2) is 9.55 Å². The van der Waals surface area contributed by atoms with E-state index in [1.165, 1.54) is 6.07 Å². The summed E-state index contributed by atoms with van der Waals surface area (Å²) in [5, 5.41) is 0. The maximum atomic E-state index is 14.0. The van der Waals surface area contributed by atoms with Crippen molar-refractivity contribution in [1.29, 1.82) is 0 Å². The Morgan fingerprint density at radius 3 is 2.61 bits per heavy atom. The summed E-state index contributed by atoms with van der Waals surface area (Å²) in [6, 6.07) is 2.52. The van der Waals surface area contributed by atoms with Crippen LogP contribution in [0, 0.1) is 11.6 Å². The number of anilines is 1. The quantitative estimate of drug-likeness (QED) is 0.910. The van der Waals surface area contributed by atoms with E-state index in [0.717, 1.165) is 18.9 Å². The number of nitrogen functional groups attached to an aromatic ring is 1. The largest absolute Gasteiger partial charge is 0.369 e. The zero-order valence-corrected chi connectivity index (χ0v) is 10.8. The molecule has 18 heavy (non-hydrogen) atoms. The lowest BCUT2D eigenvalue weighted by molar-refractivity contribution is 0.334. The normalized spacial score (nSPS) is 12.3. The van der Waals surface area contributed by atoms with Crippen LogP contribution in [0.15, 0.2) is 12.1 Å². The molecule has 0 unspecified atom stereocenters. The summed E-state index contributed by atoms with van der Waals surface area (Å²) >= 11 is 0. The van der Waals surface area contributed by atoms with Crippen LogP contribution in [0.2, 0.25) is 0 Å². The zero-order valence-electron chi connectivity index (χ0n) is 10.8. The first-order chi connectivity index (χ1) is 8.38. The number of hydrogen-bond acceptors (Lipinski definition) is 2. The summed E-state index contributed by atoms with van der Waals surface area (Å²) in [5.41, 5.74) is 5.98. The molecule has 0 spiro atoms. The minimum absolute atomic E-state index is 0.144. The van der Waals surface area contributed by atoms with Gasteiger partial charge >= 0.3 is 0 Å². The Hall–Kier alpha value is -1.65. The summed E-state index contributed by atoms with van der Waals surface area (Å²) in [7, 11) is 0. The van der Waals surface area contributed by atoms with Gasteiger partial charge in [0.25, 0.3) is 0 Å². The van der Waals surface area contributed by atoms with Gasteiger partial charge in [0.1, 0.15) is 5.52 Å². The van der Waals surface area contributed by atoms with Gasteiger partial charge in [-0.05, 0) is 32.4 Å². The fourth-order valence-corrected chi connectivity index (χ4v) is 2.46. The Bertz CT molecular complexity index is 587. The molecule has 0 atom stereocenters. The molecular formula is C13H17F2N3. The highest BCUT2D eigenvalue weighted by atomic mass is 19.2. The van der Waals surface area contributed by atoms with Gasteiger partial charge in [-0.15, -0.1) is 0 Å². The molecule has 0 radical (unpaired) electrons. The number of halogens is 2. The van der Waals surface area contributed by atoms with Crippen LogP contribution < -0.4 is 5.73 Å². The Kier molecular flexibility index (Phi) is 3.00. The molecule has 0 saturated heterocycles. The first-order valence-corrected chi connectivity index (χ1v) is 6.01. The zero-order chi connectivity index (χ0) is 13.5. The Morgan fingerprint density at radius 2 is 2.00 bits per heavy atom. The average molecular weight is 253 g/mol. The first-order valence-electron chi connectivity index (χ1n) is 6.01. The number of rotatable bonds is 3. The number of imidazole rings is 1. The van der Waals surface area contributed by atoms with Crippen LogP contribution in [0.3, 0.4) is 0 Å². The number of hydrogen-bond donors (Lipinski definition) is 1. The maximum absolute atomic E-state index is 14.0. The molecule has 98 valence electrons. The van der Waals surface area contributed by atoms with Crippen molar-refractivity contribution >= 4 is 17.0 Å². The van der Waals surface area contributed by atoms with Crippen LogP contribution in [0.25, 0.3) is 11.0 Å². The summed E-state index contributed by atoms with van der Waals surface area (Å²) in [4.78, 5) is 4.10. The molecule has 0 amide bonds. The van der Waals surface area contributed by atoms with Crippen molar-refractivity contribution in [2.75, 3.05) is 5.73 Å². The van der Waals surface area contributed by atoms with E-state index in [1.54, 1.807) is 4.57 Å². The van der Waals surface area contributed by atoms with E-state index in [4.69, 9.17) is 5.73 Å². The average Bonchev–Trinajstić information content (AvgIpc) is 2.61. The van der Waals surface area contributed by atoms with E-state index < -0.39 is 17.2 Å². The lowest BCUT2D eigenvalue weighted by Crippen LogP contribution is -2.27. The van der Waals surface area contributed by atoms with Gasteiger partial charge in [0.15, 0.2) is 11.6 Å². The number of fused-ring (bicyclic) bond motifs is 1. The molecule has 0 aliphatic rings. The van der Waals surface area contributed by atoms with Crippen molar-refractivity contribution in [3.05, 3.63) is 23.8 Å². The van der Waals surface area contributed by atoms with Gasteiger partial charge in [0, 0.05) is 5.54 Å². The molecule has 0 aliphatic heterocycles. The molecule has 3 nitrogen and oxygen atoms in total. The number of nitrogens with zero attached hydrogens (tertiary/aromatic N) is 2. The van der Waals surface area contributed by atoms with Crippen LogP contribution in [0.5, 0.6) is 0 Å². The van der Waals surface area contributed by atoms with E-state index in [0.29, 0.717) is 5.52 Å². The van der Waals surface area contributed by atoms with E-state index in [1.807, 2.05) is 20.8 Å². The predicted molar refractivity (Wildman–Crippen MR) is 68.3 cm³/mol. The second-order valence-corrected chi connectivity index (χ2v) is 5.10. The van der Waals surface area contributed by atoms with Gasteiger partial charge in [-0.1, -0.05) is 13.3 Å².